The molecule has 222 valence electrons. The second kappa shape index (κ2) is 12.0. The molecule has 0 amide bonds. The topological polar surface area (TPSA) is 84.2 Å². The van der Waals surface area contributed by atoms with Crippen molar-refractivity contribution in [2.24, 2.45) is 5.92 Å². The Kier molecular flexibility index (Phi) is 8.15. The van der Waals surface area contributed by atoms with Gasteiger partial charge in [0.2, 0.25) is 5.95 Å². The van der Waals surface area contributed by atoms with Gasteiger partial charge >= 0.3 is 0 Å². The van der Waals surface area contributed by atoms with E-state index in [-0.39, 0.29) is 29.2 Å². The Labute approximate surface area is 245 Å². The number of pyridine rings is 1. The van der Waals surface area contributed by atoms with Crippen LogP contribution in [0, 0.1) is 24.5 Å². The van der Waals surface area contributed by atoms with Crippen LogP contribution >= 0.6 is 0 Å². The highest BCUT2D eigenvalue weighted by Crippen LogP contribution is 2.35. The molecule has 2 unspecified atom stereocenters. The molecule has 9 nitrogen and oxygen atoms in total. The maximum absolute atomic E-state index is 15.1. The van der Waals surface area contributed by atoms with Gasteiger partial charge in [-0.25, -0.2) is 28.7 Å². The molecule has 2 atom stereocenters. The first kappa shape index (κ1) is 28.6. The quantitative estimate of drug-likeness (QED) is 0.294. The number of imidazole rings is 1. The molecule has 2 fully saturated rings. The molecule has 1 N–H and O–H groups in total. The van der Waals surface area contributed by atoms with Gasteiger partial charge in [-0.3, -0.25) is 4.90 Å². The van der Waals surface area contributed by atoms with Crippen LogP contribution in [0.5, 0.6) is 0 Å². The van der Waals surface area contributed by atoms with Crippen LogP contribution in [-0.2, 0) is 4.74 Å². The monoisotopic (exact) mass is 576 g/mol. The number of nitrogens with zero attached hydrogens (tertiary/aromatic N) is 7. The van der Waals surface area contributed by atoms with Crippen LogP contribution < -0.4 is 5.32 Å². The Balaban J connectivity index is 1.25. The Bertz CT molecular complexity index is 1540. The van der Waals surface area contributed by atoms with Crippen molar-refractivity contribution in [1.82, 2.24) is 34.3 Å². The molecule has 0 bridgehead atoms. The van der Waals surface area contributed by atoms with E-state index in [1.165, 1.54) is 6.07 Å². The third kappa shape index (κ3) is 5.60. The average Bonchev–Trinajstić information content (AvgIpc) is 3.63. The zero-order valence-electron chi connectivity index (χ0n) is 24.6. The van der Waals surface area contributed by atoms with Gasteiger partial charge in [0.1, 0.15) is 22.9 Å². The molecular weight excluding hydrogens is 538 g/mol. The number of ether oxygens (including phenoxy) is 1. The molecule has 0 saturated carbocycles. The van der Waals surface area contributed by atoms with E-state index in [0.717, 1.165) is 64.1 Å². The number of piperazine rings is 1. The fourth-order valence-corrected chi connectivity index (χ4v) is 6.40. The maximum Gasteiger partial charge on any atom is 0.229 e. The summed E-state index contributed by atoms with van der Waals surface area (Å²) in [5, 5.41) is 3.10. The standard InChI is InChI=1S/C31H38F2N8O/c1-5-39-9-11-40(12-10-39)30(22-8-13-42-18-22)21-6-7-27(34-16-21)37-31-35-17-25(33)28(38-31)23-14-24(32)29-26(15-23)41(19(2)3)20(4)36-29/h6-7,14-17,19,22,30H,5,8-13,18H2,1-4H3,(H,34,35,37,38). The summed E-state index contributed by atoms with van der Waals surface area (Å²) in [6.07, 6.45) is 4.04. The lowest BCUT2D eigenvalue weighted by Gasteiger charge is -2.41. The van der Waals surface area contributed by atoms with Gasteiger partial charge in [0, 0.05) is 62.5 Å². The van der Waals surface area contributed by atoms with Gasteiger partial charge in [-0.05, 0) is 57.5 Å². The van der Waals surface area contributed by atoms with E-state index in [4.69, 9.17) is 4.74 Å². The number of anilines is 2. The van der Waals surface area contributed by atoms with Crippen molar-refractivity contribution in [3.05, 3.63) is 59.7 Å². The molecule has 0 aliphatic carbocycles. The largest absolute Gasteiger partial charge is 0.381 e. The zero-order valence-corrected chi connectivity index (χ0v) is 24.6. The Morgan fingerprint density at radius 3 is 2.50 bits per heavy atom. The minimum absolute atomic E-state index is 0.00611. The summed E-state index contributed by atoms with van der Waals surface area (Å²) in [6.45, 7) is 14.8. The number of aromatic nitrogens is 5. The summed E-state index contributed by atoms with van der Waals surface area (Å²) in [4.78, 5) is 22.6. The van der Waals surface area contributed by atoms with E-state index in [2.05, 4.69) is 48.0 Å². The van der Waals surface area contributed by atoms with Crippen LogP contribution in [-0.4, -0.2) is 80.2 Å². The first-order valence-electron chi connectivity index (χ1n) is 14.8. The number of hydrogen-bond donors (Lipinski definition) is 1. The second-order valence-corrected chi connectivity index (χ2v) is 11.5. The lowest BCUT2D eigenvalue weighted by molar-refractivity contribution is 0.0647. The SMILES string of the molecule is CCN1CCN(C(c2ccc(Nc3ncc(F)c(-c4cc(F)c5nc(C)n(C(C)C)c5c4)n3)nc2)C2CCOC2)CC1. The molecule has 11 heteroatoms. The predicted molar refractivity (Wildman–Crippen MR) is 159 cm³/mol. The van der Waals surface area contributed by atoms with Crippen LogP contribution in [0.15, 0.2) is 36.7 Å². The second-order valence-electron chi connectivity index (χ2n) is 11.5. The van der Waals surface area contributed by atoms with Crippen molar-refractivity contribution in [2.75, 3.05) is 51.3 Å². The van der Waals surface area contributed by atoms with Crippen LogP contribution in [0.3, 0.4) is 0 Å². The van der Waals surface area contributed by atoms with Crippen molar-refractivity contribution in [3.8, 4) is 11.3 Å². The van der Waals surface area contributed by atoms with E-state index in [1.54, 1.807) is 6.07 Å². The molecule has 5 heterocycles. The fraction of sp³-hybridized carbons (Fsp3) is 0.484. The number of aryl methyl sites for hydroxylation is 1. The molecule has 42 heavy (non-hydrogen) atoms. The van der Waals surface area contributed by atoms with Crippen molar-refractivity contribution < 1.29 is 13.5 Å². The van der Waals surface area contributed by atoms with Gasteiger partial charge < -0.3 is 19.5 Å². The summed E-state index contributed by atoms with van der Waals surface area (Å²) in [6, 6.07) is 7.31. The number of likely N-dealkylation sites (N-methyl/N-ethyl adjacent to an activating group) is 1. The molecule has 3 aromatic heterocycles. The van der Waals surface area contributed by atoms with Crippen LogP contribution in [0.2, 0.25) is 0 Å². The van der Waals surface area contributed by atoms with Gasteiger partial charge in [-0.1, -0.05) is 13.0 Å². The smallest absolute Gasteiger partial charge is 0.229 e. The molecular formula is C31H38F2N8O. The summed E-state index contributed by atoms with van der Waals surface area (Å²) >= 11 is 0. The lowest BCUT2D eigenvalue weighted by atomic mass is 9.91. The van der Waals surface area contributed by atoms with Crippen molar-refractivity contribution in [3.63, 3.8) is 0 Å². The van der Waals surface area contributed by atoms with Crippen molar-refractivity contribution in [1.29, 1.82) is 0 Å². The number of rotatable bonds is 8. The highest BCUT2D eigenvalue weighted by atomic mass is 19.1. The van der Waals surface area contributed by atoms with Crippen LogP contribution in [0.1, 0.15) is 50.7 Å². The maximum atomic E-state index is 15.1. The minimum atomic E-state index is -0.639. The zero-order chi connectivity index (χ0) is 29.4. The van der Waals surface area contributed by atoms with Crippen molar-refractivity contribution >= 4 is 22.8 Å². The molecule has 2 saturated heterocycles. The highest BCUT2D eigenvalue weighted by Gasteiger charge is 2.33. The van der Waals surface area contributed by atoms with Gasteiger partial charge in [0.15, 0.2) is 11.6 Å². The third-order valence-corrected chi connectivity index (χ3v) is 8.49. The molecule has 2 aliphatic heterocycles. The molecule has 4 aromatic rings. The average molecular weight is 577 g/mol. The van der Waals surface area contributed by atoms with Crippen LogP contribution in [0.4, 0.5) is 20.5 Å². The summed E-state index contributed by atoms with van der Waals surface area (Å²) < 4.78 is 37.7. The first-order chi connectivity index (χ1) is 20.3. The lowest BCUT2D eigenvalue weighted by Crippen LogP contribution is -2.49. The molecule has 6 rings (SSSR count). The third-order valence-electron chi connectivity index (χ3n) is 8.49. The number of benzene rings is 1. The van der Waals surface area contributed by atoms with Gasteiger partial charge in [-0.15, -0.1) is 0 Å². The van der Waals surface area contributed by atoms with Crippen molar-refractivity contribution in [2.45, 2.75) is 46.2 Å². The van der Waals surface area contributed by atoms with Gasteiger partial charge in [0.25, 0.3) is 0 Å². The normalized spacial score (nSPS) is 19.2. The fourth-order valence-electron chi connectivity index (χ4n) is 6.40. The molecule has 2 aliphatic rings. The predicted octanol–water partition coefficient (Wildman–Crippen LogP) is 5.51. The summed E-state index contributed by atoms with van der Waals surface area (Å²) in [5.41, 5.74) is 2.34. The molecule has 1 aromatic carbocycles. The van der Waals surface area contributed by atoms with E-state index >= 15 is 4.39 Å². The molecule has 0 spiro atoms. The summed E-state index contributed by atoms with van der Waals surface area (Å²) in [5.74, 6) is 0.686. The minimum Gasteiger partial charge on any atom is -0.381 e. The van der Waals surface area contributed by atoms with E-state index < -0.39 is 11.6 Å². The van der Waals surface area contributed by atoms with Crippen LogP contribution in [0.25, 0.3) is 22.3 Å². The highest BCUT2D eigenvalue weighted by molar-refractivity contribution is 5.83. The Hall–Kier alpha value is -3.54. The van der Waals surface area contributed by atoms with E-state index in [0.29, 0.717) is 28.6 Å². The molecule has 0 radical (unpaired) electrons. The van der Waals surface area contributed by atoms with E-state index in [9.17, 15) is 4.39 Å². The number of fused-ring (bicyclic) bond motifs is 1. The van der Waals surface area contributed by atoms with Gasteiger partial charge in [0.05, 0.1) is 18.3 Å². The summed E-state index contributed by atoms with van der Waals surface area (Å²) in [7, 11) is 0. The Morgan fingerprint density at radius 1 is 1.02 bits per heavy atom. The first-order valence-corrected chi connectivity index (χ1v) is 14.8. The number of hydrogen-bond acceptors (Lipinski definition) is 8. The Morgan fingerprint density at radius 2 is 1.83 bits per heavy atom. The number of nitrogens with one attached hydrogen (secondary N) is 1. The van der Waals surface area contributed by atoms with E-state index in [1.807, 2.05) is 37.6 Å². The van der Waals surface area contributed by atoms with Gasteiger partial charge in [-0.2, -0.15) is 0 Å². The number of halogens is 2.